The molecule has 0 aliphatic heterocycles. The van der Waals surface area contributed by atoms with Crippen molar-refractivity contribution in [3.8, 4) is 0 Å². The van der Waals surface area contributed by atoms with Gasteiger partial charge < -0.3 is 5.73 Å². The smallest absolute Gasteiger partial charge is 0.00461 e. The van der Waals surface area contributed by atoms with E-state index in [9.17, 15) is 0 Å². The first-order chi connectivity index (χ1) is 8.20. The summed E-state index contributed by atoms with van der Waals surface area (Å²) in [4.78, 5) is 0. The Morgan fingerprint density at radius 3 is 2.41 bits per heavy atom. The van der Waals surface area contributed by atoms with Crippen LogP contribution in [0.15, 0.2) is 18.2 Å². The second-order valence-corrected chi connectivity index (χ2v) is 5.66. The molecule has 1 nitrogen and oxygen atoms in total. The molecule has 1 saturated carbocycles. The lowest BCUT2D eigenvalue weighted by Gasteiger charge is -2.30. The molecule has 0 amide bonds. The molecule has 1 aliphatic rings. The van der Waals surface area contributed by atoms with Crippen molar-refractivity contribution in [2.75, 3.05) is 6.54 Å². The Balaban J connectivity index is 2.05. The molecular formula is C16H25N. The van der Waals surface area contributed by atoms with Gasteiger partial charge in [-0.2, -0.15) is 0 Å². The maximum atomic E-state index is 5.90. The molecule has 0 spiro atoms. The van der Waals surface area contributed by atoms with Crippen LogP contribution >= 0.6 is 0 Å². The Morgan fingerprint density at radius 1 is 1.06 bits per heavy atom. The highest BCUT2D eigenvalue weighted by atomic mass is 14.6. The number of hydrogen-bond donors (Lipinski definition) is 1. The van der Waals surface area contributed by atoms with Crippen LogP contribution < -0.4 is 5.73 Å². The second-order valence-electron chi connectivity index (χ2n) is 5.66. The van der Waals surface area contributed by atoms with Gasteiger partial charge in [-0.05, 0) is 68.2 Å². The molecule has 0 radical (unpaired) electrons. The van der Waals surface area contributed by atoms with Crippen LogP contribution in [0.4, 0.5) is 0 Å². The zero-order valence-corrected chi connectivity index (χ0v) is 11.2. The van der Waals surface area contributed by atoms with E-state index in [1.165, 1.54) is 48.8 Å². The van der Waals surface area contributed by atoms with Gasteiger partial charge >= 0.3 is 0 Å². The molecule has 2 rings (SSSR count). The van der Waals surface area contributed by atoms with E-state index in [0.717, 1.165) is 18.4 Å². The summed E-state index contributed by atoms with van der Waals surface area (Å²) in [6.07, 6.45) is 6.71. The van der Waals surface area contributed by atoms with Gasteiger partial charge in [0.1, 0.15) is 0 Å². The average Bonchev–Trinajstić information content (AvgIpc) is 2.34. The summed E-state index contributed by atoms with van der Waals surface area (Å²) in [6, 6.07) is 6.91. The summed E-state index contributed by atoms with van der Waals surface area (Å²) < 4.78 is 0. The summed E-state index contributed by atoms with van der Waals surface area (Å²) in [5, 5.41) is 0. The maximum Gasteiger partial charge on any atom is -0.00461 e. The highest BCUT2D eigenvalue weighted by molar-refractivity contribution is 5.30. The van der Waals surface area contributed by atoms with Crippen molar-refractivity contribution in [1.82, 2.24) is 0 Å². The minimum absolute atomic E-state index is 0.755. The van der Waals surface area contributed by atoms with Crippen LogP contribution in [0.1, 0.15) is 42.4 Å². The third kappa shape index (κ3) is 3.10. The van der Waals surface area contributed by atoms with Gasteiger partial charge in [-0.1, -0.05) is 31.0 Å². The molecule has 1 aromatic rings. The maximum absolute atomic E-state index is 5.90. The summed E-state index contributed by atoms with van der Waals surface area (Å²) in [5.74, 6) is 1.57. The van der Waals surface area contributed by atoms with Gasteiger partial charge in [-0.15, -0.1) is 0 Å². The minimum Gasteiger partial charge on any atom is -0.330 e. The van der Waals surface area contributed by atoms with Crippen molar-refractivity contribution in [2.45, 2.75) is 46.0 Å². The zero-order chi connectivity index (χ0) is 12.3. The zero-order valence-electron chi connectivity index (χ0n) is 11.2. The molecule has 2 N–H and O–H groups in total. The number of aryl methyl sites for hydroxylation is 2. The lowest BCUT2D eigenvalue weighted by molar-refractivity contribution is 0.242. The predicted octanol–water partition coefficient (Wildman–Crippen LogP) is 3.61. The van der Waals surface area contributed by atoms with E-state index in [1.807, 2.05) is 0 Å². The lowest BCUT2D eigenvalue weighted by atomic mass is 9.76. The molecule has 1 heteroatoms. The first-order valence-electron chi connectivity index (χ1n) is 6.97. The van der Waals surface area contributed by atoms with Gasteiger partial charge in [-0.25, -0.2) is 0 Å². The van der Waals surface area contributed by atoms with Crippen molar-refractivity contribution in [1.29, 1.82) is 0 Å². The van der Waals surface area contributed by atoms with Gasteiger partial charge in [0.05, 0.1) is 0 Å². The summed E-state index contributed by atoms with van der Waals surface area (Å²) in [5.41, 5.74) is 10.2. The van der Waals surface area contributed by atoms with Crippen molar-refractivity contribution in [3.63, 3.8) is 0 Å². The average molecular weight is 231 g/mol. The van der Waals surface area contributed by atoms with Gasteiger partial charge in [-0.3, -0.25) is 0 Å². The van der Waals surface area contributed by atoms with E-state index in [-0.39, 0.29) is 0 Å². The van der Waals surface area contributed by atoms with Gasteiger partial charge in [0, 0.05) is 0 Å². The molecule has 0 saturated heterocycles. The predicted molar refractivity (Wildman–Crippen MR) is 74.1 cm³/mol. The Hall–Kier alpha value is -0.820. The van der Waals surface area contributed by atoms with Crippen molar-refractivity contribution in [3.05, 3.63) is 34.9 Å². The first kappa shape index (κ1) is 12.6. The molecule has 1 fully saturated rings. The summed E-state index contributed by atoms with van der Waals surface area (Å²) in [7, 11) is 0. The SMILES string of the molecule is Cc1ccc(CC2CCCCC2CN)cc1C. The fourth-order valence-corrected chi connectivity index (χ4v) is 3.10. The molecule has 17 heavy (non-hydrogen) atoms. The lowest BCUT2D eigenvalue weighted by Crippen LogP contribution is -2.28. The molecule has 2 atom stereocenters. The normalized spacial score (nSPS) is 24.9. The standard InChI is InChI=1S/C16H25N/c1-12-7-8-14(9-13(12)2)10-15-5-3-4-6-16(15)11-17/h7-9,15-16H,3-6,10-11,17H2,1-2H3. The van der Waals surface area contributed by atoms with Crippen LogP contribution in [0.25, 0.3) is 0 Å². The quantitative estimate of drug-likeness (QED) is 0.845. The molecule has 0 aromatic heterocycles. The van der Waals surface area contributed by atoms with Crippen LogP contribution in [0.5, 0.6) is 0 Å². The Labute approximate surface area is 105 Å². The first-order valence-corrected chi connectivity index (χ1v) is 6.97. The van der Waals surface area contributed by atoms with E-state index in [1.54, 1.807) is 0 Å². The van der Waals surface area contributed by atoms with E-state index in [0.29, 0.717) is 0 Å². The number of rotatable bonds is 3. The van der Waals surface area contributed by atoms with Crippen LogP contribution in [0.2, 0.25) is 0 Å². The Bertz CT molecular complexity index is 370. The minimum atomic E-state index is 0.755. The van der Waals surface area contributed by atoms with Gasteiger partial charge in [0.2, 0.25) is 0 Å². The molecule has 1 aromatic carbocycles. The largest absolute Gasteiger partial charge is 0.330 e. The van der Waals surface area contributed by atoms with Crippen molar-refractivity contribution >= 4 is 0 Å². The fraction of sp³-hybridized carbons (Fsp3) is 0.625. The highest BCUT2D eigenvalue weighted by Gasteiger charge is 2.23. The van der Waals surface area contributed by atoms with E-state index < -0.39 is 0 Å². The van der Waals surface area contributed by atoms with E-state index >= 15 is 0 Å². The van der Waals surface area contributed by atoms with Crippen LogP contribution in [0.3, 0.4) is 0 Å². The number of hydrogen-bond acceptors (Lipinski definition) is 1. The monoisotopic (exact) mass is 231 g/mol. The molecule has 2 unspecified atom stereocenters. The third-order valence-corrected chi connectivity index (χ3v) is 4.44. The molecular weight excluding hydrogens is 206 g/mol. The third-order valence-electron chi connectivity index (χ3n) is 4.44. The van der Waals surface area contributed by atoms with Gasteiger partial charge in [0.25, 0.3) is 0 Å². The second kappa shape index (κ2) is 5.68. The van der Waals surface area contributed by atoms with Crippen LogP contribution in [0, 0.1) is 25.7 Å². The van der Waals surface area contributed by atoms with E-state index in [2.05, 4.69) is 32.0 Å². The van der Waals surface area contributed by atoms with Gasteiger partial charge in [0.15, 0.2) is 0 Å². The van der Waals surface area contributed by atoms with Crippen molar-refractivity contribution < 1.29 is 0 Å². The van der Waals surface area contributed by atoms with Crippen LogP contribution in [-0.2, 0) is 6.42 Å². The summed E-state index contributed by atoms with van der Waals surface area (Å²) >= 11 is 0. The molecule has 94 valence electrons. The number of benzene rings is 1. The molecule has 0 heterocycles. The summed E-state index contributed by atoms with van der Waals surface area (Å²) in [6.45, 7) is 5.26. The molecule has 1 aliphatic carbocycles. The van der Waals surface area contributed by atoms with Crippen LogP contribution in [-0.4, -0.2) is 6.54 Å². The van der Waals surface area contributed by atoms with E-state index in [4.69, 9.17) is 5.73 Å². The highest BCUT2D eigenvalue weighted by Crippen LogP contribution is 2.32. The molecule has 0 bridgehead atoms. The van der Waals surface area contributed by atoms with Crippen molar-refractivity contribution in [2.24, 2.45) is 17.6 Å². The topological polar surface area (TPSA) is 26.0 Å². The Morgan fingerprint density at radius 2 is 1.76 bits per heavy atom. The fourth-order valence-electron chi connectivity index (χ4n) is 3.10. The number of nitrogens with two attached hydrogens (primary N) is 1. The Kier molecular flexibility index (Phi) is 4.22.